The Balaban J connectivity index is 1.99. The lowest BCUT2D eigenvalue weighted by molar-refractivity contribution is -0.117. The summed E-state index contributed by atoms with van der Waals surface area (Å²) in [5.41, 5.74) is 4.42. The van der Waals surface area contributed by atoms with Crippen LogP contribution in [-0.4, -0.2) is 33.1 Å². The number of nitrogens with zero attached hydrogens (tertiary/aromatic N) is 1. The Morgan fingerprint density at radius 1 is 1.00 bits per heavy atom. The van der Waals surface area contributed by atoms with Gasteiger partial charge in [-0.05, 0) is 48.4 Å². The molecule has 0 unspecified atom stereocenters. The average Bonchev–Trinajstić information content (AvgIpc) is 2.97. The molecule has 1 heterocycles. The Morgan fingerprint density at radius 3 is 2.18 bits per heavy atom. The summed E-state index contributed by atoms with van der Waals surface area (Å²) in [4.78, 5) is 25.2. The van der Waals surface area contributed by atoms with Crippen molar-refractivity contribution in [3.63, 3.8) is 0 Å². The number of ether oxygens (including phenoxy) is 3. The lowest BCUT2D eigenvalue weighted by Gasteiger charge is -2.15. The lowest BCUT2D eigenvalue weighted by Crippen LogP contribution is -2.35. The van der Waals surface area contributed by atoms with Gasteiger partial charge in [-0.3, -0.25) is 15.0 Å². The largest absolute Gasteiger partial charge is 0.493 e. The second-order valence-electron chi connectivity index (χ2n) is 6.03. The quantitative estimate of drug-likeness (QED) is 0.614. The number of halogens is 1. The highest BCUT2D eigenvalue weighted by Gasteiger charge is 2.34. The third kappa shape index (κ3) is 3.48. The maximum atomic E-state index is 12.8. The van der Waals surface area contributed by atoms with Crippen LogP contribution in [0.5, 0.6) is 17.2 Å². The summed E-state index contributed by atoms with van der Waals surface area (Å²) in [7, 11) is 4.48. The number of hydrogen-bond acceptors (Lipinski definition) is 5. The smallest absolute Gasteiger partial charge is 0.282 e. The second-order valence-corrected chi connectivity index (χ2v) is 6.44. The van der Waals surface area contributed by atoms with E-state index in [1.807, 2.05) is 6.92 Å². The van der Waals surface area contributed by atoms with Gasteiger partial charge in [0.1, 0.15) is 5.57 Å². The molecule has 28 heavy (non-hydrogen) atoms. The summed E-state index contributed by atoms with van der Waals surface area (Å²) >= 11 is 6.13. The minimum absolute atomic E-state index is 0.0222. The van der Waals surface area contributed by atoms with Crippen LogP contribution in [0.15, 0.2) is 35.9 Å². The van der Waals surface area contributed by atoms with Crippen molar-refractivity contribution in [3.8, 4) is 17.2 Å². The molecule has 0 atom stereocenters. The molecule has 0 aromatic heterocycles. The molecule has 0 saturated carbocycles. The Kier molecular flexibility index (Phi) is 5.46. The van der Waals surface area contributed by atoms with Crippen molar-refractivity contribution in [1.82, 2.24) is 5.43 Å². The first-order chi connectivity index (χ1) is 13.4. The van der Waals surface area contributed by atoms with E-state index in [9.17, 15) is 9.59 Å². The zero-order valence-electron chi connectivity index (χ0n) is 15.8. The van der Waals surface area contributed by atoms with Crippen LogP contribution in [0.25, 0.3) is 6.08 Å². The van der Waals surface area contributed by atoms with Crippen LogP contribution in [-0.2, 0) is 9.59 Å². The van der Waals surface area contributed by atoms with E-state index in [0.29, 0.717) is 33.5 Å². The highest BCUT2D eigenvalue weighted by atomic mass is 35.5. The molecule has 1 saturated heterocycles. The van der Waals surface area contributed by atoms with Gasteiger partial charge in [-0.1, -0.05) is 17.7 Å². The summed E-state index contributed by atoms with van der Waals surface area (Å²) in [5, 5.41) is 1.67. The Bertz CT molecular complexity index is 962. The fraction of sp³-hybridized carbons (Fsp3) is 0.200. The molecule has 0 aliphatic carbocycles. The van der Waals surface area contributed by atoms with Crippen LogP contribution in [0.4, 0.5) is 5.69 Å². The molecule has 2 aromatic carbocycles. The second kappa shape index (κ2) is 7.82. The van der Waals surface area contributed by atoms with Gasteiger partial charge in [0.25, 0.3) is 11.8 Å². The number of amides is 2. The van der Waals surface area contributed by atoms with Gasteiger partial charge < -0.3 is 14.2 Å². The Morgan fingerprint density at radius 2 is 1.64 bits per heavy atom. The fourth-order valence-corrected chi connectivity index (χ4v) is 2.99. The van der Waals surface area contributed by atoms with Crippen LogP contribution in [0, 0.1) is 6.92 Å². The number of anilines is 1. The Hall–Kier alpha value is -3.19. The number of aryl methyl sites for hydroxylation is 1. The fourth-order valence-electron chi connectivity index (χ4n) is 2.81. The predicted octanol–water partition coefficient (Wildman–Crippen LogP) is 3.14. The molecule has 1 N–H and O–H groups in total. The normalized spacial score (nSPS) is 15.0. The first kappa shape index (κ1) is 19.6. The predicted molar refractivity (Wildman–Crippen MR) is 106 cm³/mol. The van der Waals surface area contributed by atoms with Crippen molar-refractivity contribution < 1.29 is 23.8 Å². The zero-order valence-corrected chi connectivity index (χ0v) is 16.6. The number of hydrazine groups is 1. The van der Waals surface area contributed by atoms with Gasteiger partial charge in [-0.2, -0.15) is 0 Å². The van der Waals surface area contributed by atoms with E-state index < -0.39 is 11.8 Å². The molecule has 2 amide bonds. The van der Waals surface area contributed by atoms with Crippen LogP contribution in [0.3, 0.4) is 0 Å². The molecule has 2 aromatic rings. The molecule has 1 fully saturated rings. The van der Waals surface area contributed by atoms with E-state index in [1.165, 1.54) is 27.4 Å². The van der Waals surface area contributed by atoms with Crippen LogP contribution in [0.2, 0.25) is 5.02 Å². The van der Waals surface area contributed by atoms with Crippen molar-refractivity contribution in [1.29, 1.82) is 0 Å². The molecule has 7 nitrogen and oxygen atoms in total. The van der Waals surface area contributed by atoms with E-state index in [0.717, 1.165) is 10.6 Å². The van der Waals surface area contributed by atoms with Crippen molar-refractivity contribution >= 4 is 35.2 Å². The van der Waals surface area contributed by atoms with Gasteiger partial charge in [0.2, 0.25) is 5.75 Å². The van der Waals surface area contributed by atoms with Gasteiger partial charge in [0.15, 0.2) is 11.5 Å². The van der Waals surface area contributed by atoms with E-state index in [-0.39, 0.29) is 5.57 Å². The molecule has 1 aliphatic rings. The number of benzene rings is 2. The van der Waals surface area contributed by atoms with E-state index in [1.54, 1.807) is 30.3 Å². The Labute approximate surface area is 167 Å². The minimum Gasteiger partial charge on any atom is -0.493 e. The van der Waals surface area contributed by atoms with Crippen molar-refractivity contribution in [2.45, 2.75) is 6.92 Å². The van der Waals surface area contributed by atoms with Crippen molar-refractivity contribution in [3.05, 3.63) is 52.1 Å². The van der Waals surface area contributed by atoms with Gasteiger partial charge >= 0.3 is 0 Å². The van der Waals surface area contributed by atoms with Crippen LogP contribution < -0.4 is 24.6 Å². The topological polar surface area (TPSA) is 77.1 Å². The van der Waals surface area contributed by atoms with Gasteiger partial charge in [-0.25, -0.2) is 5.01 Å². The summed E-state index contributed by atoms with van der Waals surface area (Å²) in [6.45, 7) is 1.85. The highest BCUT2D eigenvalue weighted by Crippen LogP contribution is 2.39. The molecule has 0 spiro atoms. The number of methoxy groups -OCH3 is 3. The van der Waals surface area contributed by atoms with E-state index >= 15 is 0 Å². The van der Waals surface area contributed by atoms with Crippen molar-refractivity contribution in [2.24, 2.45) is 0 Å². The maximum absolute atomic E-state index is 12.8. The molecule has 146 valence electrons. The summed E-state index contributed by atoms with van der Waals surface area (Å²) < 4.78 is 15.9. The third-order valence-corrected chi connectivity index (χ3v) is 4.71. The number of nitrogens with one attached hydrogen (secondary N) is 1. The third-order valence-electron chi connectivity index (χ3n) is 4.30. The SMILES string of the molecule is COc1cc(C=C2C(=O)NN(c3ccc(C)c(Cl)c3)C2=O)cc(OC)c1OC. The van der Waals surface area contributed by atoms with Crippen molar-refractivity contribution in [2.75, 3.05) is 26.3 Å². The zero-order chi connectivity index (χ0) is 20.4. The monoisotopic (exact) mass is 402 g/mol. The molecule has 8 heteroatoms. The maximum Gasteiger partial charge on any atom is 0.282 e. The molecular formula is C20H19ClN2O5. The number of carbonyl (C=O) groups is 2. The first-order valence-electron chi connectivity index (χ1n) is 8.33. The number of hydrogen-bond donors (Lipinski definition) is 1. The van der Waals surface area contributed by atoms with Crippen LogP contribution in [0.1, 0.15) is 11.1 Å². The number of carbonyl (C=O) groups excluding carboxylic acids is 2. The summed E-state index contributed by atoms with van der Waals surface area (Å²) in [5.74, 6) is 0.253. The standard InChI is InChI=1S/C20H19ClN2O5/c1-11-5-6-13(10-15(11)21)23-20(25)14(19(24)22-23)7-12-8-16(26-2)18(28-4)17(9-12)27-3/h5-10H,1-4H3,(H,22,24). The summed E-state index contributed by atoms with van der Waals surface area (Å²) in [6.07, 6.45) is 1.47. The molecular weight excluding hydrogens is 384 g/mol. The van der Waals surface area contributed by atoms with Gasteiger partial charge in [0, 0.05) is 5.02 Å². The first-order valence-corrected chi connectivity index (χ1v) is 8.70. The molecule has 3 rings (SSSR count). The van der Waals surface area contributed by atoms with Gasteiger partial charge in [-0.15, -0.1) is 0 Å². The average molecular weight is 403 g/mol. The highest BCUT2D eigenvalue weighted by molar-refractivity contribution is 6.33. The lowest BCUT2D eigenvalue weighted by atomic mass is 10.1. The molecule has 0 bridgehead atoms. The van der Waals surface area contributed by atoms with E-state index in [4.69, 9.17) is 25.8 Å². The molecule has 1 aliphatic heterocycles. The molecule has 0 radical (unpaired) electrons. The van der Waals surface area contributed by atoms with Gasteiger partial charge in [0.05, 0.1) is 27.0 Å². The summed E-state index contributed by atoms with van der Waals surface area (Å²) in [6, 6.07) is 8.41. The minimum atomic E-state index is -0.518. The van der Waals surface area contributed by atoms with E-state index in [2.05, 4.69) is 5.43 Å². The number of rotatable bonds is 5. The van der Waals surface area contributed by atoms with Crippen LogP contribution >= 0.6 is 11.6 Å².